The lowest BCUT2D eigenvalue weighted by molar-refractivity contribution is 0.548. The van der Waals surface area contributed by atoms with Gasteiger partial charge in [0.1, 0.15) is 11.6 Å². The van der Waals surface area contributed by atoms with Crippen LogP contribution >= 0.6 is 34.5 Å². The van der Waals surface area contributed by atoms with E-state index in [1.165, 1.54) is 11.3 Å². The van der Waals surface area contributed by atoms with Crippen LogP contribution in [0.1, 0.15) is 23.4 Å². The topological polar surface area (TPSA) is 12.0 Å². The quantitative estimate of drug-likeness (QED) is 0.778. The Hall–Kier alpha value is -0.680. The van der Waals surface area contributed by atoms with Crippen molar-refractivity contribution in [2.45, 2.75) is 13.0 Å². The average Bonchev–Trinajstić information content (AvgIpc) is 2.77. The van der Waals surface area contributed by atoms with E-state index >= 15 is 0 Å². The third-order valence-electron chi connectivity index (χ3n) is 2.67. The number of hydrogen-bond donors (Lipinski definition) is 1. The molecule has 1 atom stereocenters. The minimum absolute atomic E-state index is 0.202. The van der Waals surface area contributed by atoms with Crippen LogP contribution in [0.25, 0.3) is 0 Å². The first-order chi connectivity index (χ1) is 9.04. The lowest BCUT2D eigenvalue weighted by atomic mass is 10.0. The Bertz CT molecular complexity index is 586. The SMILES string of the molecule is CCNC(c1cc(F)c(Cl)cc1F)c1sccc1Cl. The number of benzene rings is 1. The zero-order valence-corrected chi connectivity index (χ0v) is 12.3. The van der Waals surface area contributed by atoms with Gasteiger partial charge in [0.2, 0.25) is 0 Å². The fourth-order valence-corrected chi connectivity index (χ4v) is 3.23. The van der Waals surface area contributed by atoms with Gasteiger partial charge < -0.3 is 5.32 Å². The Balaban J connectivity index is 2.51. The van der Waals surface area contributed by atoms with E-state index < -0.39 is 17.7 Å². The molecular weight excluding hydrogens is 311 g/mol. The highest BCUT2D eigenvalue weighted by atomic mass is 35.5. The summed E-state index contributed by atoms with van der Waals surface area (Å²) < 4.78 is 27.5. The van der Waals surface area contributed by atoms with Gasteiger partial charge in [-0.05, 0) is 30.1 Å². The fraction of sp³-hybridized carbons (Fsp3) is 0.231. The van der Waals surface area contributed by atoms with Crippen LogP contribution in [0, 0.1) is 11.6 Å². The largest absolute Gasteiger partial charge is 0.306 e. The van der Waals surface area contributed by atoms with E-state index in [-0.39, 0.29) is 10.6 Å². The molecule has 0 amide bonds. The van der Waals surface area contributed by atoms with E-state index in [4.69, 9.17) is 23.2 Å². The molecule has 19 heavy (non-hydrogen) atoms. The summed E-state index contributed by atoms with van der Waals surface area (Å²) in [5, 5.41) is 5.22. The maximum Gasteiger partial charge on any atom is 0.142 e. The predicted molar refractivity (Wildman–Crippen MR) is 76.2 cm³/mol. The summed E-state index contributed by atoms with van der Waals surface area (Å²) in [6.45, 7) is 2.49. The third kappa shape index (κ3) is 3.08. The van der Waals surface area contributed by atoms with Crippen molar-refractivity contribution in [1.29, 1.82) is 0 Å². The van der Waals surface area contributed by atoms with Crippen LogP contribution in [0.15, 0.2) is 23.6 Å². The lowest BCUT2D eigenvalue weighted by Crippen LogP contribution is -2.22. The molecule has 0 bridgehead atoms. The van der Waals surface area contributed by atoms with E-state index in [2.05, 4.69) is 5.32 Å². The summed E-state index contributed by atoms with van der Waals surface area (Å²) in [5.41, 5.74) is 0.202. The van der Waals surface area contributed by atoms with Gasteiger partial charge in [0, 0.05) is 10.4 Å². The van der Waals surface area contributed by atoms with Gasteiger partial charge in [-0.3, -0.25) is 0 Å². The van der Waals surface area contributed by atoms with Crippen LogP contribution in [-0.2, 0) is 0 Å². The van der Waals surface area contributed by atoms with Gasteiger partial charge in [0.05, 0.1) is 16.1 Å². The highest BCUT2D eigenvalue weighted by Crippen LogP contribution is 2.35. The van der Waals surface area contributed by atoms with Crippen molar-refractivity contribution in [3.05, 3.63) is 55.7 Å². The number of nitrogens with one attached hydrogen (secondary N) is 1. The second-order valence-electron chi connectivity index (χ2n) is 3.91. The van der Waals surface area contributed by atoms with Crippen molar-refractivity contribution in [3.8, 4) is 0 Å². The van der Waals surface area contributed by atoms with Crippen LogP contribution in [0.3, 0.4) is 0 Å². The molecule has 2 rings (SSSR count). The van der Waals surface area contributed by atoms with E-state index in [1.807, 2.05) is 12.3 Å². The summed E-state index contributed by atoms with van der Waals surface area (Å²) in [6, 6.07) is 3.35. The van der Waals surface area contributed by atoms with Crippen molar-refractivity contribution in [3.63, 3.8) is 0 Å². The lowest BCUT2D eigenvalue weighted by Gasteiger charge is -2.18. The first-order valence-electron chi connectivity index (χ1n) is 5.65. The monoisotopic (exact) mass is 321 g/mol. The van der Waals surface area contributed by atoms with Crippen LogP contribution < -0.4 is 5.32 Å². The number of thiophene rings is 1. The molecule has 0 aliphatic heterocycles. The highest BCUT2D eigenvalue weighted by Gasteiger charge is 2.22. The number of hydrogen-bond acceptors (Lipinski definition) is 2. The molecule has 2 aromatic rings. The second kappa shape index (κ2) is 6.18. The Morgan fingerprint density at radius 3 is 2.53 bits per heavy atom. The van der Waals surface area contributed by atoms with Crippen molar-refractivity contribution in [2.75, 3.05) is 6.54 Å². The van der Waals surface area contributed by atoms with E-state index in [9.17, 15) is 8.78 Å². The Kier molecular flexibility index (Phi) is 4.79. The van der Waals surface area contributed by atoms with Crippen LogP contribution in [0.5, 0.6) is 0 Å². The van der Waals surface area contributed by atoms with Gasteiger partial charge >= 0.3 is 0 Å². The summed E-state index contributed by atoms with van der Waals surface area (Å²) >= 11 is 13.0. The fourth-order valence-electron chi connectivity index (χ4n) is 1.82. The minimum Gasteiger partial charge on any atom is -0.306 e. The first kappa shape index (κ1) is 14.7. The molecule has 1 nitrogen and oxygen atoms in total. The summed E-state index contributed by atoms with van der Waals surface area (Å²) in [7, 11) is 0. The maximum atomic E-state index is 14.0. The Labute approximate surface area is 124 Å². The highest BCUT2D eigenvalue weighted by molar-refractivity contribution is 7.10. The van der Waals surface area contributed by atoms with Gasteiger partial charge in [-0.1, -0.05) is 30.1 Å². The molecule has 1 unspecified atom stereocenters. The molecule has 0 aliphatic carbocycles. The van der Waals surface area contributed by atoms with Crippen molar-refractivity contribution >= 4 is 34.5 Å². The van der Waals surface area contributed by atoms with Gasteiger partial charge in [-0.15, -0.1) is 11.3 Å². The Morgan fingerprint density at radius 1 is 1.21 bits per heavy atom. The summed E-state index contributed by atoms with van der Waals surface area (Å²) in [4.78, 5) is 0.754. The van der Waals surface area contributed by atoms with Crippen molar-refractivity contribution in [2.24, 2.45) is 0 Å². The molecule has 0 spiro atoms. The van der Waals surface area contributed by atoms with E-state index in [1.54, 1.807) is 6.07 Å². The molecule has 0 radical (unpaired) electrons. The van der Waals surface area contributed by atoms with Gasteiger partial charge in [-0.2, -0.15) is 0 Å². The van der Waals surface area contributed by atoms with Gasteiger partial charge in [0.15, 0.2) is 0 Å². The zero-order valence-electron chi connectivity index (χ0n) is 10.0. The molecular formula is C13H11Cl2F2NS. The van der Waals surface area contributed by atoms with E-state index in [0.29, 0.717) is 11.6 Å². The number of halogens is 4. The Morgan fingerprint density at radius 2 is 1.95 bits per heavy atom. The molecule has 0 aliphatic rings. The summed E-state index contributed by atoms with van der Waals surface area (Å²) in [6.07, 6.45) is 0. The molecule has 1 heterocycles. The van der Waals surface area contributed by atoms with Gasteiger partial charge in [0.25, 0.3) is 0 Å². The molecule has 1 aromatic carbocycles. The smallest absolute Gasteiger partial charge is 0.142 e. The van der Waals surface area contributed by atoms with Gasteiger partial charge in [-0.25, -0.2) is 8.78 Å². The molecule has 1 N–H and O–H groups in total. The normalized spacial score (nSPS) is 12.7. The maximum absolute atomic E-state index is 14.0. The first-order valence-corrected chi connectivity index (χ1v) is 7.28. The van der Waals surface area contributed by atoms with Crippen molar-refractivity contribution in [1.82, 2.24) is 5.32 Å². The van der Waals surface area contributed by atoms with Crippen LogP contribution in [0.2, 0.25) is 10.0 Å². The average molecular weight is 322 g/mol. The molecule has 1 aromatic heterocycles. The number of rotatable bonds is 4. The van der Waals surface area contributed by atoms with E-state index in [0.717, 1.165) is 17.0 Å². The van der Waals surface area contributed by atoms with Crippen LogP contribution in [0.4, 0.5) is 8.78 Å². The molecule has 0 saturated heterocycles. The molecule has 0 fully saturated rings. The summed E-state index contributed by atoms with van der Waals surface area (Å²) in [5.74, 6) is -1.20. The molecule has 6 heteroatoms. The minimum atomic E-state index is -0.645. The third-order valence-corrected chi connectivity index (χ3v) is 4.38. The van der Waals surface area contributed by atoms with Crippen molar-refractivity contribution < 1.29 is 8.78 Å². The second-order valence-corrected chi connectivity index (χ2v) is 5.67. The molecule has 102 valence electrons. The standard InChI is InChI=1S/C13H11Cl2F2NS/c1-2-18-12(13-8(14)3-4-19-13)7-5-11(17)9(15)6-10(7)16/h3-6,12,18H,2H2,1H3. The predicted octanol–water partition coefficient (Wildman–Crippen LogP) is 5.03. The van der Waals surface area contributed by atoms with Crippen LogP contribution in [-0.4, -0.2) is 6.54 Å². The molecule has 0 saturated carbocycles. The zero-order chi connectivity index (χ0) is 14.0.